The molecule has 0 aromatic carbocycles. The Kier molecular flexibility index (Phi) is 5.68. The molecule has 1 saturated heterocycles. The van der Waals surface area contributed by atoms with Crippen LogP contribution in [-0.4, -0.2) is 47.6 Å². The van der Waals surface area contributed by atoms with Crippen molar-refractivity contribution in [1.82, 2.24) is 4.90 Å². The molecule has 0 radical (unpaired) electrons. The quantitative estimate of drug-likeness (QED) is 0.592. The van der Waals surface area contributed by atoms with Gasteiger partial charge in [-0.15, -0.1) is 11.6 Å². The molecule has 20 heavy (non-hydrogen) atoms. The predicted molar refractivity (Wildman–Crippen MR) is 76.9 cm³/mol. The molecule has 0 N–H and O–H groups in total. The number of ether oxygens (including phenoxy) is 2. The highest BCUT2D eigenvalue weighted by atomic mass is 35.5. The van der Waals surface area contributed by atoms with Crippen molar-refractivity contribution in [3.05, 3.63) is 0 Å². The van der Waals surface area contributed by atoms with Gasteiger partial charge < -0.3 is 9.47 Å². The maximum Gasteiger partial charge on any atom is 0.411 e. The zero-order valence-corrected chi connectivity index (χ0v) is 13.5. The van der Waals surface area contributed by atoms with Crippen LogP contribution >= 0.6 is 11.6 Å². The molecule has 6 heteroatoms. The van der Waals surface area contributed by atoms with E-state index in [1.165, 1.54) is 12.0 Å². The average Bonchev–Trinajstić information content (AvgIpc) is 2.78. The molecule has 1 fully saturated rings. The number of halogens is 1. The number of likely N-dealkylation sites (tertiary alicyclic amines) is 1. The van der Waals surface area contributed by atoms with Crippen LogP contribution in [0.5, 0.6) is 0 Å². The van der Waals surface area contributed by atoms with Crippen LogP contribution < -0.4 is 0 Å². The van der Waals surface area contributed by atoms with Gasteiger partial charge >= 0.3 is 12.1 Å². The van der Waals surface area contributed by atoms with Crippen LogP contribution in [0.2, 0.25) is 0 Å². The summed E-state index contributed by atoms with van der Waals surface area (Å²) in [7, 11) is 1.34. The van der Waals surface area contributed by atoms with Gasteiger partial charge in [0.25, 0.3) is 0 Å². The van der Waals surface area contributed by atoms with Crippen molar-refractivity contribution in [2.75, 3.05) is 19.5 Å². The third-order valence-electron chi connectivity index (χ3n) is 3.39. The second-order valence-corrected chi connectivity index (χ2v) is 6.43. The van der Waals surface area contributed by atoms with Crippen LogP contribution in [-0.2, 0) is 14.3 Å². The summed E-state index contributed by atoms with van der Waals surface area (Å²) in [5.41, 5.74) is -1.51. The number of rotatable bonds is 4. The lowest BCUT2D eigenvalue weighted by atomic mass is 9.91. The van der Waals surface area contributed by atoms with Gasteiger partial charge in [0, 0.05) is 12.4 Å². The van der Waals surface area contributed by atoms with Crippen molar-refractivity contribution in [1.29, 1.82) is 0 Å². The molecule has 0 spiro atoms. The van der Waals surface area contributed by atoms with Crippen molar-refractivity contribution in [2.24, 2.45) is 0 Å². The predicted octanol–water partition coefficient (Wildman–Crippen LogP) is 2.95. The molecule has 1 atom stereocenters. The highest BCUT2D eigenvalue weighted by Gasteiger charge is 2.51. The molecule has 0 aromatic rings. The van der Waals surface area contributed by atoms with Gasteiger partial charge in [0.1, 0.15) is 11.1 Å². The van der Waals surface area contributed by atoms with Crippen molar-refractivity contribution in [2.45, 2.75) is 57.6 Å². The standard InChI is InChI=1S/C14H24ClNO4/c1-13(2,3)20-12(18)16-10-6-8-14(16,7-5-9-15)11(17)19-4/h5-10H2,1-4H3/t14-/m1/s1. The van der Waals surface area contributed by atoms with Gasteiger partial charge in [-0.25, -0.2) is 9.59 Å². The highest BCUT2D eigenvalue weighted by Crippen LogP contribution is 2.36. The van der Waals surface area contributed by atoms with E-state index in [1.54, 1.807) is 20.8 Å². The second-order valence-electron chi connectivity index (χ2n) is 6.05. The van der Waals surface area contributed by atoms with Crippen LogP contribution in [0.4, 0.5) is 4.79 Å². The van der Waals surface area contributed by atoms with Gasteiger partial charge in [0.05, 0.1) is 7.11 Å². The Bertz CT molecular complexity index is 367. The molecule has 116 valence electrons. The summed E-state index contributed by atoms with van der Waals surface area (Å²) in [4.78, 5) is 26.0. The Labute approximate surface area is 125 Å². The first-order valence-corrected chi connectivity index (χ1v) is 7.45. The molecule has 1 heterocycles. The number of esters is 1. The van der Waals surface area contributed by atoms with Crippen molar-refractivity contribution >= 4 is 23.7 Å². The topological polar surface area (TPSA) is 55.8 Å². The number of amides is 1. The van der Waals surface area contributed by atoms with Crippen molar-refractivity contribution < 1.29 is 19.1 Å². The maximum absolute atomic E-state index is 12.3. The van der Waals surface area contributed by atoms with Crippen LogP contribution in [0.15, 0.2) is 0 Å². The van der Waals surface area contributed by atoms with Crippen molar-refractivity contribution in [3.63, 3.8) is 0 Å². The summed E-state index contributed by atoms with van der Waals surface area (Å²) in [6.07, 6.45) is 2.04. The summed E-state index contributed by atoms with van der Waals surface area (Å²) in [5, 5.41) is 0. The fourth-order valence-corrected chi connectivity index (χ4v) is 2.72. The molecule has 0 aliphatic carbocycles. The summed E-state index contributed by atoms with van der Waals surface area (Å²) >= 11 is 5.74. The zero-order valence-electron chi connectivity index (χ0n) is 12.7. The molecule has 5 nitrogen and oxygen atoms in total. The molecule has 0 saturated carbocycles. The third kappa shape index (κ3) is 3.78. The largest absolute Gasteiger partial charge is 0.467 e. The lowest BCUT2D eigenvalue weighted by Gasteiger charge is -2.36. The van der Waals surface area contributed by atoms with Gasteiger partial charge in [-0.1, -0.05) is 0 Å². The van der Waals surface area contributed by atoms with E-state index in [0.717, 1.165) is 6.42 Å². The first-order chi connectivity index (χ1) is 9.27. The minimum atomic E-state index is -0.925. The molecule has 0 aromatic heterocycles. The molecular formula is C14H24ClNO4. The molecule has 1 amide bonds. The zero-order chi connectivity index (χ0) is 15.4. The lowest BCUT2D eigenvalue weighted by Crippen LogP contribution is -2.54. The Morgan fingerprint density at radius 3 is 2.50 bits per heavy atom. The Morgan fingerprint density at radius 2 is 2.00 bits per heavy atom. The number of hydrogen-bond donors (Lipinski definition) is 0. The van der Waals surface area contributed by atoms with Crippen LogP contribution in [0.25, 0.3) is 0 Å². The SMILES string of the molecule is COC(=O)[C@@]1(CCCCl)CCCN1C(=O)OC(C)(C)C. The molecular weight excluding hydrogens is 282 g/mol. The minimum absolute atomic E-state index is 0.383. The molecule has 1 rings (SSSR count). The van der Waals surface area contributed by atoms with E-state index < -0.39 is 17.2 Å². The Morgan fingerprint density at radius 1 is 1.35 bits per heavy atom. The summed E-state index contributed by atoms with van der Waals surface area (Å²) < 4.78 is 10.3. The first-order valence-electron chi connectivity index (χ1n) is 6.92. The Balaban J connectivity index is 2.96. The van der Waals surface area contributed by atoms with Gasteiger partial charge in [0.15, 0.2) is 0 Å². The fraction of sp³-hybridized carbons (Fsp3) is 0.857. The van der Waals surface area contributed by atoms with Crippen LogP contribution in [0, 0.1) is 0 Å². The second kappa shape index (κ2) is 6.66. The van der Waals surface area contributed by atoms with Gasteiger partial charge in [-0.2, -0.15) is 0 Å². The molecule has 0 bridgehead atoms. The van der Waals surface area contributed by atoms with E-state index in [-0.39, 0.29) is 5.97 Å². The van der Waals surface area contributed by atoms with E-state index in [9.17, 15) is 9.59 Å². The number of hydrogen-bond acceptors (Lipinski definition) is 4. The normalized spacial score (nSPS) is 22.8. The molecule has 0 unspecified atom stereocenters. The van der Waals surface area contributed by atoms with E-state index >= 15 is 0 Å². The number of alkyl halides is 1. The summed E-state index contributed by atoms with van der Waals surface area (Å²) in [6, 6.07) is 0. The van der Waals surface area contributed by atoms with Gasteiger partial charge in [-0.05, 0) is 46.5 Å². The van der Waals surface area contributed by atoms with E-state index in [0.29, 0.717) is 31.7 Å². The maximum atomic E-state index is 12.3. The highest BCUT2D eigenvalue weighted by molar-refractivity contribution is 6.17. The molecule has 1 aliphatic rings. The first kappa shape index (κ1) is 17.1. The fourth-order valence-electron chi connectivity index (χ4n) is 2.59. The summed E-state index contributed by atoms with van der Waals surface area (Å²) in [5.74, 6) is 0.0620. The number of carbonyl (C=O) groups is 2. The Hall–Kier alpha value is -0.970. The third-order valence-corrected chi connectivity index (χ3v) is 3.66. The van der Waals surface area contributed by atoms with Crippen molar-refractivity contribution in [3.8, 4) is 0 Å². The van der Waals surface area contributed by atoms with E-state index in [2.05, 4.69) is 0 Å². The smallest absolute Gasteiger partial charge is 0.411 e. The van der Waals surface area contributed by atoms with Gasteiger partial charge in [0.2, 0.25) is 0 Å². The average molecular weight is 306 g/mol. The number of carbonyl (C=O) groups excluding carboxylic acids is 2. The number of nitrogens with zero attached hydrogens (tertiary/aromatic N) is 1. The molecule has 1 aliphatic heterocycles. The van der Waals surface area contributed by atoms with E-state index in [4.69, 9.17) is 21.1 Å². The van der Waals surface area contributed by atoms with E-state index in [1.807, 2.05) is 0 Å². The van der Waals surface area contributed by atoms with Gasteiger partial charge in [-0.3, -0.25) is 4.90 Å². The van der Waals surface area contributed by atoms with Crippen LogP contribution in [0.1, 0.15) is 46.5 Å². The minimum Gasteiger partial charge on any atom is -0.467 e. The van der Waals surface area contributed by atoms with Crippen LogP contribution in [0.3, 0.4) is 0 Å². The lowest BCUT2D eigenvalue weighted by molar-refractivity contribution is -0.153. The number of methoxy groups -OCH3 is 1. The monoisotopic (exact) mass is 305 g/mol. The summed E-state index contributed by atoms with van der Waals surface area (Å²) in [6.45, 7) is 5.92.